The molecule has 0 bridgehead atoms. The van der Waals surface area contributed by atoms with Crippen molar-refractivity contribution in [2.45, 2.75) is 25.5 Å². The number of carbonyl (C=O) groups is 2. The second kappa shape index (κ2) is 10.8. The third kappa shape index (κ3) is 5.65. The first kappa shape index (κ1) is 24.5. The first-order valence-electron chi connectivity index (χ1n) is 12.0. The van der Waals surface area contributed by atoms with Gasteiger partial charge < -0.3 is 9.47 Å². The van der Waals surface area contributed by atoms with Crippen molar-refractivity contribution in [1.29, 1.82) is 0 Å². The first-order chi connectivity index (χ1) is 18.0. The highest BCUT2D eigenvalue weighted by molar-refractivity contribution is 6.30. The monoisotopic (exact) mass is 512 g/mol. The summed E-state index contributed by atoms with van der Waals surface area (Å²) in [6.07, 6.45) is -0.341. The summed E-state index contributed by atoms with van der Waals surface area (Å²) in [6.45, 7) is 1.13. The number of hydrogen-bond acceptors (Lipinski definition) is 5. The van der Waals surface area contributed by atoms with Crippen molar-refractivity contribution in [3.05, 3.63) is 113 Å². The van der Waals surface area contributed by atoms with Crippen molar-refractivity contribution in [3.8, 4) is 5.75 Å². The number of hydrazone groups is 1. The Hall–Kier alpha value is -4.16. The van der Waals surface area contributed by atoms with Crippen LogP contribution in [0.15, 0.2) is 102 Å². The standard InChI is InChI=1S/C30H25ClN2O4/c1-20(37-26-15-13-25(31)14-16-26)30(35)36-19-29(34)33-28(22-8-3-2-4-9-22)18-27(32-33)24-12-11-21-7-5-6-10-23(21)17-24/h2-17,20,28H,18-19H2,1H3. The number of hydrogen-bond donors (Lipinski definition) is 0. The van der Waals surface area contributed by atoms with Gasteiger partial charge in [-0.2, -0.15) is 5.10 Å². The molecule has 0 fully saturated rings. The van der Waals surface area contributed by atoms with Crippen LogP contribution in [0.3, 0.4) is 0 Å². The molecule has 6 nitrogen and oxygen atoms in total. The highest BCUT2D eigenvalue weighted by Crippen LogP contribution is 2.33. The molecule has 4 aromatic rings. The summed E-state index contributed by atoms with van der Waals surface area (Å²) < 4.78 is 10.9. The van der Waals surface area contributed by atoms with Gasteiger partial charge >= 0.3 is 5.97 Å². The second-order valence-corrected chi connectivity index (χ2v) is 9.24. The first-order valence-corrected chi connectivity index (χ1v) is 12.4. The number of esters is 1. The normalized spacial score (nSPS) is 15.8. The summed E-state index contributed by atoms with van der Waals surface area (Å²) >= 11 is 5.89. The molecule has 2 atom stereocenters. The number of amides is 1. The number of carbonyl (C=O) groups excluding carboxylic acids is 2. The van der Waals surface area contributed by atoms with E-state index in [2.05, 4.69) is 29.4 Å². The van der Waals surface area contributed by atoms with E-state index in [0.29, 0.717) is 17.2 Å². The third-order valence-electron chi connectivity index (χ3n) is 6.23. The minimum atomic E-state index is -0.894. The van der Waals surface area contributed by atoms with Crippen LogP contribution < -0.4 is 4.74 Å². The molecule has 7 heteroatoms. The molecule has 1 aliphatic rings. The Labute approximate surface area is 220 Å². The molecular formula is C30H25ClN2O4. The lowest BCUT2D eigenvalue weighted by atomic mass is 9.97. The molecular weight excluding hydrogens is 488 g/mol. The Morgan fingerprint density at radius 2 is 1.65 bits per heavy atom. The number of halogens is 1. The van der Waals surface area contributed by atoms with Crippen LogP contribution in [0.5, 0.6) is 5.75 Å². The summed E-state index contributed by atoms with van der Waals surface area (Å²) in [4.78, 5) is 25.7. The number of nitrogens with zero attached hydrogens (tertiary/aromatic N) is 2. The summed E-state index contributed by atoms with van der Waals surface area (Å²) in [5, 5.41) is 8.92. The zero-order valence-corrected chi connectivity index (χ0v) is 21.0. The lowest BCUT2D eigenvalue weighted by molar-refractivity contribution is -0.158. The van der Waals surface area contributed by atoms with Gasteiger partial charge in [0.1, 0.15) is 5.75 Å². The van der Waals surface area contributed by atoms with E-state index in [1.165, 1.54) is 5.01 Å². The van der Waals surface area contributed by atoms with Crippen LogP contribution in [-0.2, 0) is 14.3 Å². The SMILES string of the molecule is CC(Oc1ccc(Cl)cc1)C(=O)OCC(=O)N1N=C(c2ccc3ccccc3c2)CC1c1ccccc1. The van der Waals surface area contributed by atoms with Gasteiger partial charge in [0.25, 0.3) is 5.91 Å². The van der Waals surface area contributed by atoms with Crippen molar-refractivity contribution in [2.75, 3.05) is 6.61 Å². The highest BCUT2D eigenvalue weighted by atomic mass is 35.5. The van der Waals surface area contributed by atoms with E-state index in [9.17, 15) is 9.59 Å². The highest BCUT2D eigenvalue weighted by Gasteiger charge is 2.34. The fraction of sp³-hybridized carbons (Fsp3) is 0.167. The molecule has 37 heavy (non-hydrogen) atoms. The maximum Gasteiger partial charge on any atom is 0.347 e. The van der Waals surface area contributed by atoms with Crippen molar-refractivity contribution in [1.82, 2.24) is 5.01 Å². The van der Waals surface area contributed by atoms with Crippen LogP contribution >= 0.6 is 11.6 Å². The van der Waals surface area contributed by atoms with Crippen LogP contribution in [0.4, 0.5) is 0 Å². The summed E-state index contributed by atoms with van der Waals surface area (Å²) in [5.41, 5.74) is 2.72. The van der Waals surface area contributed by atoms with Crippen molar-refractivity contribution in [2.24, 2.45) is 5.10 Å². The molecule has 0 aliphatic carbocycles. The number of benzene rings is 4. The Balaban J connectivity index is 1.31. The van der Waals surface area contributed by atoms with E-state index in [1.807, 2.05) is 48.5 Å². The van der Waals surface area contributed by atoms with Gasteiger partial charge in [-0.05, 0) is 59.2 Å². The number of fused-ring (bicyclic) bond motifs is 1. The molecule has 0 saturated carbocycles. The molecule has 0 saturated heterocycles. The van der Waals surface area contributed by atoms with Gasteiger partial charge in [0.15, 0.2) is 12.7 Å². The average Bonchev–Trinajstić information content (AvgIpc) is 3.39. The van der Waals surface area contributed by atoms with Gasteiger partial charge in [0, 0.05) is 11.4 Å². The minimum Gasteiger partial charge on any atom is -0.479 e. The van der Waals surface area contributed by atoms with E-state index in [4.69, 9.17) is 21.1 Å². The van der Waals surface area contributed by atoms with Crippen LogP contribution in [0, 0.1) is 0 Å². The lowest BCUT2D eigenvalue weighted by Gasteiger charge is -2.22. The van der Waals surface area contributed by atoms with Gasteiger partial charge in [-0.3, -0.25) is 4.79 Å². The Bertz CT molecular complexity index is 1450. The molecule has 0 aromatic heterocycles. The van der Waals surface area contributed by atoms with Gasteiger partial charge in [-0.15, -0.1) is 0 Å². The fourth-order valence-corrected chi connectivity index (χ4v) is 4.43. The third-order valence-corrected chi connectivity index (χ3v) is 6.48. The second-order valence-electron chi connectivity index (χ2n) is 8.80. The molecule has 1 amide bonds. The topological polar surface area (TPSA) is 68.2 Å². The molecule has 186 valence electrons. The molecule has 2 unspecified atom stereocenters. The molecule has 1 aliphatic heterocycles. The predicted molar refractivity (Wildman–Crippen MR) is 144 cm³/mol. The Morgan fingerprint density at radius 3 is 2.41 bits per heavy atom. The zero-order chi connectivity index (χ0) is 25.8. The summed E-state index contributed by atoms with van der Waals surface area (Å²) in [5.74, 6) is -0.567. The zero-order valence-electron chi connectivity index (χ0n) is 20.2. The molecule has 5 rings (SSSR count). The largest absolute Gasteiger partial charge is 0.479 e. The molecule has 0 N–H and O–H groups in total. The number of rotatable bonds is 7. The molecule has 4 aromatic carbocycles. The summed E-state index contributed by atoms with van der Waals surface area (Å²) in [7, 11) is 0. The van der Waals surface area contributed by atoms with Crippen molar-refractivity contribution >= 4 is 40.0 Å². The Morgan fingerprint density at radius 1 is 0.946 bits per heavy atom. The van der Waals surface area contributed by atoms with Crippen LogP contribution in [-0.4, -0.2) is 35.3 Å². The van der Waals surface area contributed by atoms with E-state index < -0.39 is 24.6 Å². The van der Waals surface area contributed by atoms with E-state index in [-0.39, 0.29) is 6.04 Å². The average molecular weight is 513 g/mol. The Kier molecular flexibility index (Phi) is 7.19. The number of ether oxygens (including phenoxy) is 2. The van der Waals surface area contributed by atoms with Gasteiger partial charge in [-0.1, -0.05) is 78.3 Å². The van der Waals surface area contributed by atoms with Gasteiger partial charge in [-0.25, -0.2) is 9.80 Å². The molecule has 1 heterocycles. The van der Waals surface area contributed by atoms with E-state index in [0.717, 1.165) is 27.6 Å². The van der Waals surface area contributed by atoms with Crippen LogP contribution in [0.1, 0.15) is 30.5 Å². The predicted octanol–water partition coefficient (Wildman–Crippen LogP) is 6.18. The van der Waals surface area contributed by atoms with Crippen molar-refractivity contribution in [3.63, 3.8) is 0 Å². The quantitative estimate of drug-likeness (QED) is 0.277. The van der Waals surface area contributed by atoms with Gasteiger partial charge in [0.2, 0.25) is 0 Å². The smallest absolute Gasteiger partial charge is 0.347 e. The molecule has 0 radical (unpaired) electrons. The van der Waals surface area contributed by atoms with Crippen LogP contribution in [0.25, 0.3) is 10.8 Å². The summed E-state index contributed by atoms with van der Waals surface area (Å²) in [6, 6.07) is 30.4. The lowest BCUT2D eigenvalue weighted by Crippen LogP contribution is -2.34. The van der Waals surface area contributed by atoms with E-state index >= 15 is 0 Å². The van der Waals surface area contributed by atoms with Crippen LogP contribution in [0.2, 0.25) is 5.02 Å². The van der Waals surface area contributed by atoms with Crippen molar-refractivity contribution < 1.29 is 19.1 Å². The van der Waals surface area contributed by atoms with E-state index in [1.54, 1.807) is 31.2 Å². The maximum atomic E-state index is 13.2. The minimum absolute atomic E-state index is 0.295. The molecule has 0 spiro atoms. The maximum absolute atomic E-state index is 13.2. The van der Waals surface area contributed by atoms with Gasteiger partial charge in [0.05, 0.1) is 11.8 Å². The fourth-order valence-electron chi connectivity index (χ4n) is 4.30.